The Balaban J connectivity index is 1.51. The van der Waals surface area contributed by atoms with Gasteiger partial charge in [0.05, 0.1) is 6.04 Å². The Morgan fingerprint density at radius 3 is 3.10 bits per heavy atom. The minimum atomic E-state index is 0.285. The molecule has 2 heterocycles. The number of aromatic nitrogens is 1. The van der Waals surface area contributed by atoms with Crippen LogP contribution in [0.2, 0.25) is 0 Å². The van der Waals surface area contributed by atoms with Crippen molar-refractivity contribution in [2.75, 3.05) is 6.61 Å². The summed E-state index contributed by atoms with van der Waals surface area (Å²) >= 11 is 0. The molecule has 1 aliphatic heterocycles. The van der Waals surface area contributed by atoms with Crippen molar-refractivity contribution in [2.45, 2.75) is 12.6 Å². The Morgan fingerprint density at radius 2 is 2.10 bits per heavy atom. The average Bonchev–Trinajstić information content (AvgIpc) is 3.11. The molecule has 100 valence electrons. The Kier molecular flexibility index (Phi) is 2.71. The fourth-order valence-electron chi connectivity index (χ4n) is 2.79. The number of H-pyrrole nitrogens is 1. The predicted molar refractivity (Wildman–Crippen MR) is 79.8 cm³/mol. The molecule has 0 spiro atoms. The van der Waals surface area contributed by atoms with E-state index < -0.39 is 0 Å². The zero-order valence-corrected chi connectivity index (χ0v) is 11.1. The van der Waals surface area contributed by atoms with Gasteiger partial charge in [0.2, 0.25) is 0 Å². The van der Waals surface area contributed by atoms with E-state index in [1.54, 1.807) is 0 Å². The van der Waals surface area contributed by atoms with Crippen LogP contribution in [-0.2, 0) is 6.54 Å². The van der Waals surface area contributed by atoms with E-state index in [1.165, 1.54) is 22.0 Å². The second kappa shape index (κ2) is 4.69. The molecular weight excluding hydrogens is 248 g/mol. The molecule has 2 aromatic carbocycles. The molecule has 1 aliphatic rings. The Labute approximate surface area is 117 Å². The van der Waals surface area contributed by atoms with Crippen LogP contribution in [0.1, 0.15) is 17.2 Å². The highest BCUT2D eigenvalue weighted by Crippen LogP contribution is 2.31. The normalized spacial score (nSPS) is 17.1. The minimum Gasteiger partial charge on any atom is -0.491 e. The fraction of sp³-hybridized carbons (Fsp3) is 0.176. The van der Waals surface area contributed by atoms with Crippen molar-refractivity contribution in [2.24, 2.45) is 0 Å². The average molecular weight is 264 g/mol. The van der Waals surface area contributed by atoms with Gasteiger partial charge in [-0.15, -0.1) is 0 Å². The van der Waals surface area contributed by atoms with Gasteiger partial charge < -0.3 is 15.0 Å². The summed E-state index contributed by atoms with van der Waals surface area (Å²) in [6, 6.07) is 17.1. The summed E-state index contributed by atoms with van der Waals surface area (Å²) in [6.45, 7) is 1.56. The third-order valence-corrected chi connectivity index (χ3v) is 3.87. The van der Waals surface area contributed by atoms with Gasteiger partial charge in [-0.1, -0.05) is 24.3 Å². The number of nitrogens with one attached hydrogen (secondary N) is 2. The lowest BCUT2D eigenvalue weighted by atomic mass is 10.1. The molecule has 0 saturated heterocycles. The van der Waals surface area contributed by atoms with Crippen LogP contribution >= 0.6 is 0 Å². The lowest BCUT2D eigenvalue weighted by molar-refractivity contribution is 0.310. The van der Waals surface area contributed by atoms with Crippen molar-refractivity contribution in [1.29, 1.82) is 0 Å². The van der Waals surface area contributed by atoms with Gasteiger partial charge in [-0.2, -0.15) is 0 Å². The highest BCUT2D eigenvalue weighted by atomic mass is 16.5. The van der Waals surface area contributed by atoms with Crippen molar-refractivity contribution < 1.29 is 4.74 Å². The number of hydrogen-bond donors (Lipinski definition) is 2. The summed E-state index contributed by atoms with van der Waals surface area (Å²) in [6.07, 6.45) is 1.98. The summed E-state index contributed by atoms with van der Waals surface area (Å²) in [7, 11) is 0. The zero-order valence-electron chi connectivity index (χ0n) is 11.1. The molecule has 2 N–H and O–H groups in total. The summed E-state index contributed by atoms with van der Waals surface area (Å²) in [5.41, 5.74) is 3.74. The Morgan fingerprint density at radius 1 is 1.15 bits per heavy atom. The molecule has 0 bridgehead atoms. The monoisotopic (exact) mass is 264 g/mol. The molecule has 3 nitrogen and oxygen atoms in total. The third kappa shape index (κ3) is 1.96. The molecule has 3 aromatic rings. The van der Waals surface area contributed by atoms with E-state index in [9.17, 15) is 0 Å². The van der Waals surface area contributed by atoms with Crippen molar-refractivity contribution in [3.05, 3.63) is 65.9 Å². The molecule has 0 radical (unpaired) electrons. The molecule has 4 rings (SSSR count). The van der Waals surface area contributed by atoms with Crippen LogP contribution in [0.4, 0.5) is 0 Å². The van der Waals surface area contributed by atoms with Crippen molar-refractivity contribution in [1.82, 2.24) is 10.3 Å². The van der Waals surface area contributed by atoms with E-state index in [1.807, 2.05) is 18.3 Å². The third-order valence-electron chi connectivity index (χ3n) is 3.87. The van der Waals surface area contributed by atoms with Crippen LogP contribution in [0.15, 0.2) is 54.7 Å². The first-order valence-corrected chi connectivity index (χ1v) is 6.91. The fourth-order valence-corrected chi connectivity index (χ4v) is 2.79. The molecule has 3 heteroatoms. The van der Waals surface area contributed by atoms with Crippen LogP contribution in [0.25, 0.3) is 10.9 Å². The summed E-state index contributed by atoms with van der Waals surface area (Å²) in [5.74, 6) is 1.01. The van der Waals surface area contributed by atoms with Crippen LogP contribution in [0.3, 0.4) is 0 Å². The summed E-state index contributed by atoms with van der Waals surface area (Å²) in [5, 5.41) is 4.83. The number of ether oxygens (including phenoxy) is 1. The summed E-state index contributed by atoms with van der Waals surface area (Å²) in [4.78, 5) is 3.22. The van der Waals surface area contributed by atoms with Gasteiger partial charge in [0.25, 0.3) is 0 Å². The lowest BCUT2D eigenvalue weighted by Gasteiger charge is -2.11. The molecule has 0 fully saturated rings. The van der Waals surface area contributed by atoms with Crippen LogP contribution in [-0.4, -0.2) is 11.6 Å². The highest BCUT2D eigenvalue weighted by molar-refractivity contribution is 5.79. The van der Waals surface area contributed by atoms with Gasteiger partial charge in [0, 0.05) is 23.8 Å². The van der Waals surface area contributed by atoms with Gasteiger partial charge in [0.1, 0.15) is 12.4 Å². The van der Waals surface area contributed by atoms with E-state index in [0.29, 0.717) is 6.61 Å². The largest absolute Gasteiger partial charge is 0.491 e. The van der Waals surface area contributed by atoms with Gasteiger partial charge in [-0.25, -0.2) is 0 Å². The van der Waals surface area contributed by atoms with E-state index in [-0.39, 0.29) is 6.04 Å². The van der Waals surface area contributed by atoms with Gasteiger partial charge in [0.15, 0.2) is 0 Å². The molecule has 1 unspecified atom stereocenters. The molecule has 1 atom stereocenters. The first-order valence-electron chi connectivity index (χ1n) is 6.91. The number of hydrogen-bond acceptors (Lipinski definition) is 2. The van der Waals surface area contributed by atoms with Crippen molar-refractivity contribution in [3.63, 3.8) is 0 Å². The second-order valence-electron chi connectivity index (χ2n) is 5.18. The molecule has 0 amide bonds. The van der Waals surface area contributed by atoms with Crippen LogP contribution in [0.5, 0.6) is 5.75 Å². The number of aromatic amines is 1. The first kappa shape index (κ1) is 11.6. The number of rotatable bonds is 3. The van der Waals surface area contributed by atoms with Crippen molar-refractivity contribution >= 4 is 10.9 Å². The SMILES string of the molecule is c1ccc2c(c1)OCC2NCc1ccc2[nH]ccc2c1. The molecule has 20 heavy (non-hydrogen) atoms. The van der Waals surface area contributed by atoms with Gasteiger partial charge in [-0.3, -0.25) is 0 Å². The second-order valence-corrected chi connectivity index (χ2v) is 5.18. The lowest BCUT2D eigenvalue weighted by Crippen LogP contribution is -2.21. The van der Waals surface area contributed by atoms with E-state index >= 15 is 0 Å². The minimum absolute atomic E-state index is 0.285. The Hall–Kier alpha value is -2.26. The van der Waals surface area contributed by atoms with E-state index in [2.05, 4.69) is 46.7 Å². The molecule has 0 aliphatic carbocycles. The topological polar surface area (TPSA) is 37.0 Å². The van der Waals surface area contributed by atoms with E-state index in [0.717, 1.165) is 12.3 Å². The van der Waals surface area contributed by atoms with Gasteiger partial charge in [-0.05, 0) is 35.2 Å². The first-order chi connectivity index (χ1) is 9.90. The molecular formula is C17H16N2O. The van der Waals surface area contributed by atoms with Gasteiger partial charge >= 0.3 is 0 Å². The van der Waals surface area contributed by atoms with Crippen molar-refractivity contribution in [3.8, 4) is 5.75 Å². The standard InChI is InChI=1S/C17H16N2O/c1-2-4-17-14(3-1)16(11-20-17)19-10-12-5-6-15-13(9-12)7-8-18-15/h1-9,16,18-19H,10-11H2. The maximum absolute atomic E-state index is 5.69. The predicted octanol–water partition coefficient (Wildman–Crippen LogP) is 3.39. The number of fused-ring (bicyclic) bond motifs is 2. The number of para-hydroxylation sites is 1. The Bertz CT molecular complexity index is 747. The summed E-state index contributed by atoms with van der Waals surface area (Å²) < 4.78 is 5.69. The zero-order chi connectivity index (χ0) is 13.4. The molecule has 1 aromatic heterocycles. The van der Waals surface area contributed by atoms with Crippen LogP contribution < -0.4 is 10.1 Å². The maximum Gasteiger partial charge on any atom is 0.124 e. The smallest absolute Gasteiger partial charge is 0.124 e. The molecule has 0 saturated carbocycles. The van der Waals surface area contributed by atoms with E-state index in [4.69, 9.17) is 4.74 Å². The highest BCUT2D eigenvalue weighted by Gasteiger charge is 2.22. The maximum atomic E-state index is 5.69. The quantitative estimate of drug-likeness (QED) is 0.761. The van der Waals surface area contributed by atoms with Crippen LogP contribution in [0, 0.1) is 0 Å². The number of benzene rings is 2.